The molecule has 0 aromatic carbocycles. The van der Waals surface area contributed by atoms with Crippen molar-refractivity contribution in [3.8, 4) is 0 Å². The maximum atomic E-state index is 8.73. The highest BCUT2D eigenvalue weighted by molar-refractivity contribution is 7.08. The van der Waals surface area contributed by atoms with Crippen LogP contribution in [-0.4, -0.2) is 18.3 Å². The summed E-state index contributed by atoms with van der Waals surface area (Å²) < 4.78 is 0. The van der Waals surface area contributed by atoms with Crippen LogP contribution in [0.1, 0.15) is 6.92 Å². The van der Waals surface area contributed by atoms with E-state index in [1.807, 2.05) is 18.4 Å². The van der Waals surface area contributed by atoms with Gasteiger partial charge in [0.15, 0.2) is 0 Å². The number of aliphatic hydroxyl groups is 1. The van der Waals surface area contributed by atoms with E-state index in [2.05, 4.69) is 10.7 Å². The average molecular weight is 171 g/mol. The van der Waals surface area contributed by atoms with Gasteiger partial charge in [0, 0.05) is 24.2 Å². The van der Waals surface area contributed by atoms with E-state index in [0.29, 0.717) is 5.92 Å². The van der Waals surface area contributed by atoms with Crippen LogP contribution < -0.4 is 5.32 Å². The van der Waals surface area contributed by atoms with E-state index in [-0.39, 0.29) is 6.61 Å². The fraction of sp³-hybridized carbons (Fsp3) is 0.500. The fourth-order valence-corrected chi connectivity index (χ4v) is 1.33. The maximum absolute atomic E-state index is 8.73. The van der Waals surface area contributed by atoms with Gasteiger partial charge in [0.2, 0.25) is 0 Å². The molecule has 0 aliphatic rings. The van der Waals surface area contributed by atoms with E-state index in [4.69, 9.17) is 5.11 Å². The van der Waals surface area contributed by atoms with Crippen LogP contribution in [-0.2, 0) is 0 Å². The van der Waals surface area contributed by atoms with E-state index in [9.17, 15) is 0 Å². The summed E-state index contributed by atoms with van der Waals surface area (Å²) in [6.07, 6.45) is 0. The van der Waals surface area contributed by atoms with Gasteiger partial charge in [0.05, 0.1) is 0 Å². The molecule has 62 valence electrons. The minimum atomic E-state index is 0.247. The molecule has 0 amide bonds. The second kappa shape index (κ2) is 4.36. The zero-order chi connectivity index (χ0) is 8.10. The molecule has 1 unspecified atom stereocenters. The van der Waals surface area contributed by atoms with Gasteiger partial charge in [-0.25, -0.2) is 0 Å². The number of nitrogens with one attached hydrogen (secondary N) is 1. The van der Waals surface area contributed by atoms with Gasteiger partial charge in [-0.3, -0.25) is 0 Å². The highest BCUT2D eigenvalue weighted by Crippen LogP contribution is 2.11. The monoisotopic (exact) mass is 171 g/mol. The molecule has 1 rings (SSSR count). The van der Waals surface area contributed by atoms with Crippen LogP contribution in [0.2, 0.25) is 0 Å². The molecule has 0 spiro atoms. The van der Waals surface area contributed by atoms with Crippen LogP contribution in [0.5, 0.6) is 0 Å². The summed E-state index contributed by atoms with van der Waals surface area (Å²) in [5.41, 5.74) is 1.15. The summed E-state index contributed by atoms with van der Waals surface area (Å²) >= 11 is 1.67. The molecule has 2 nitrogen and oxygen atoms in total. The first-order valence-corrected chi connectivity index (χ1v) is 4.64. The third kappa shape index (κ3) is 2.91. The Bertz CT molecular complexity index is 186. The Morgan fingerprint density at radius 2 is 2.55 bits per heavy atom. The first kappa shape index (κ1) is 8.56. The predicted octanol–water partition coefficient (Wildman–Crippen LogP) is 1.79. The molecule has 0 saturated carbocycles. The van der Waals surface area contributed by atoms with Gasteiger partial charge in [-0.1, -0.05) is 6.92 Å². The Morgan fingerprint density at radius 3 is 3.09 bits per heavy atom. The van der Waals surface area contributed by atoms with Crippen LogP contribution in [0.3, 0.4) is 0 Å². The summed E-state index contributed by atoms with van der Waals surface area (Å²) in [7, 11) is 0. The van der Waals surface area contributed by atoms with Gasteiger partial charge in [0.1, 0.15) is 0 Å². The van der Waals surface area contributed by atoms with Crippen molar-refractivity contribution in [2.45, 2.75) is 6.92 Å². The first-order valence-electron chi connectivity index (χ1n) is 3.70. The highest BCUT2D eigenvalue weighted by atomic mass is 32.1. The van der Waals surface area contributed by atoms with E-state index < -0.39 is 0 Å². The molecule has 1 aromatic rings. The van der Waals surface area contributed by atoms with Crippen LogP contribution in [0.4, 0.5) is 5.69 Å². The minimum absolute atomic E-state index is 0.247. The van der Waals surface area contributed by atoms with Crippen molar-refractivity contribution in [3.05, 3.63) is 16.8 Å². The van der Waals surface area contributed by atoms with Crippen molar-refractivity contribution in [1.82, 2.24) is 0 Å². The summed E-state index contributed by atoms with van der Waals surface area (Å²) in [5, 5.41) is 16.0. The van der Waals surface area contributed by atoms with Gasteiger partial charge in [-0.05, 0) is 17.4 Å². The Kier molecular flexibility index (Phi) is 3.39. The molecule has 0 bridgehead atoms. The van der Waals surface area contributed by atoms with Crippen LogP contribution >= 0.6 is 11.3 Å². The van der Waals surface area contributed by atoms with E-state index in [0.717, 1.165) is 12.2 Å². The molecule has 11 heavy (non-hydrogen) atoms. The first-order chi connectivity index (χ1) is 5.33. The van der Waals surface area contributed by atoms with Crippen LogP contribution in [0.15, 0.2) is 16.8 Å². The van der Waals surface area contributed by atoms with Crippen molar-refractivity contribution in [2.75, 3.05) is 18.5 Å². The number of hydrogen-bond donors (Lipinski definition) is 2. The lowest BCUT2D eigenvalue weighted by atomic mass is 10.2. The van der Waals surface area contributed by atoms with E-state index in [1.54, 1.807) is 11.3 Å². The van der Waals surface area contributed by atoms with Crippen molar-refractivity contribution < 1.29 is 5.11 Å². The third-order valence-corrected chi connectivity index (χ3v) is 2.17. The Hall–Kier alpha value is -0.540. The van der Waals surface area contributed by atoms with Crippen molar-refractivity contribution in [3.63, 3.8) is 0 Å². The van der Waals surface area contributed by atoms with E-state index in [1.165, 1.54) is 0 Å². The lowest BCUT2D eigenvalue weighted by Crippen LogP contribution is -2.13. The highest BCUT2D eigenvalue weighted by Gasteiger charge is 1.98. The van der Waals surface area contributed by atoms with Crippen LogP contribution in [0.25, 0.3) is 0 Å². The van der Waals surface area contributed by atoms with Gasteiger partial charge in [-0.15, -0.1) is 0 Å². The predicted molar refractivity (Wildman–Crippen MR) is 49.1 cm³/mol. The molecule has 2 N–H and O–H groups in total. The van der Waals surface area contributed by atoms with Gasteiger partial charge in [0.25, 0.3) is 0 Å². The Labute approximate surface area is 70.9 Å². The molecular weight excluding hydrogens is 158 g/mol. The summed E-state index contributed by atoms with van der Waals surface area (Å²) in [6.45, 7) is 3.10. The molecule has 0 fully saturated rings. The second-order valence-corrected chi connectivity index (χ2v) is 3.46. The number of anilines is 1. The molecule has 0 aliphatic carbocycles. The molecule has 0 aliphatic heterocycles. The smallest absolute Gasteiger partial charge is 0.0473 e. The van der Waals surface area contributed by atoms with Crippen molar-refractivity contribution in [1.29, 1.82) is 0 Å². The summed E-state index contributed by atoms with van der Waals surface area (Å²) in [6, 6.07) is 2.04. The zero-order valence-corrected chi connectivity index (χ0v) is 7.40. The number of rotatable bonds is 4. The molecule has 3 heteroatoms. The number of thiophene rings is 1. The second-order valence-electron chi connectivity index (χ2n) is 2.68. The van der Waals surface area contributed by atoms with Gasteiger partial charge >= 0.3 is 0 Å². The molecular formula is C8H13NOS. The SMILES string of the molecule is CC(CO)CNc1ccsc1. The maximum Gasteiger partial charge on any atom is 0.0473 e. The normalized spacial score (nSPS) is 12.9. The fourth-order valence-electron chi connectivity index (χ4n) is 0.722. The summed E-state index contributed by atoms with van der Waals surface area (Å²) in [5.74, 6) is 0.329. The van der Waals surface area contributed by atoms with Gasteiger partial charge in [-0.2, -0.15) is 11.3 Å². The molecule has 1 aromatic heterocycles. The largest absolute Gasteiger partial charge is 0.396 e. The lowest BCUT2D eigenvalue weighted by Gasteiger charge is -2.08. The Morgan fingerprint density at radius 1 is 1.73 bits per heavy atom. The topological polar surface area (TPSA) is 32.3 Å². The molecule has 0 saturated heterocycles. The number of hydrogen-bond acceptors (Lipinski definition) is 3. The minimum Gasteiger partial charge on any atom is -0.396 e. The van der Waals surface area contributed by atoms with Crippen LogP contribution in [0, 0.1) is 5.92 Å². The molecule has 1 atom stereocenters. The lowest BCUT2D eigenvalue weighted by molar-refractivity contribution is 0.244. The average Bonchev–Trinajstić information content (AvgIpc) is 2.52. The third-order valence-electron chi connectivity index (χ3n) is 1.49. The van der Waals surface area contributed by atoms with E-state index >= 15 is 0 Å². The molecule has 0 radical (unpaired) electrons. The van der Waals surface area contributed by atoms with Crippen molar-refractivity contribution in [2.24, 2.45) is 5.92 Å². The van der Waals surface area contributed by atoms with Gasteiger partial charge < -0.3 is 10.4 Å². The zero-order valence-electron chi connectivity index (χ0n) is 6.58. The van der Waals surface area contributed by atoms with Crippen molar-refractivity contribution >= 4 is 17.0 Å². The number of aliphatic hydroxyl groups excluding tert-OH is 1. The quantitative estimate of drug-likeness (QED) is 0.724. The Balaban J connectivity index is 2.23. The standard InChI is InChI=1S/C8H13NOS/c1-7(5-10)4-9-8-2-3-11-6-8/h2-3,6-7,9-10H,4-5H2,1H3. The molecule has 1 heterocycles. The summed E-state index contributed by atoms with van der Waals surface area (Å²) in [4.78, 5) is 0.